The molecule has 1 aromatic rings. The van der Waals surface area contributed by atoms with E-state index in [9.17, 15) is 4.79 Å². The van der Waals surface area contributed by atoms with Crippen LogP contribution in [0.3, 0.4) is 0 Å². The van der Waals surface area contributed by atoms with Gasteiger partial charge in [-0.05, 0) is 23.3 Å². The van der Waals surface area contributed by atoms with E-state index >= 15 is 0 Å². The van der Waals surface area contributed by atoms with Gasteiger partial charge in [0.15, 0.2) is 0 Å². The van der Waals surface area contributed by atoms with Gasteiger partial charge in [-0.25, -0.2) is 0 Å². The van der Waals surface area contributed by atoms with Crippen molar-refractivity contribution < 1.29 is 14.3 Å². The standard InChI is InChI=1S/C13H16N2O3/c14-12-7-18-6-11(12)13(16)15-10-2-1-8-4-17-5-9(8)3-10/h1-3,11-12H,4-7,14H2,(H,15,16). The molecule has 1 amide bonds. The lowest BCUT2D eigenvalue weighted by Crippen LogP contribution is -2.37. The van der Waals surface area contributed by atoms with E-state index in [0.717, 1.165) is 11.3 Å². The first-order valence-electron chi connectivity index (χ1n) is 6.08. The van der Waals surface area contributed by atoms with E-state index in [0.29, 0.717) is 26.4 Å². The van der Waals surface area contributed by atoms with E-state index in [1.165, 1.54) is 5.56 Å². The predicted octanol–water partition coefficient (Wildman–Crippen LogP) is 0.629. The molecule has 1 aromatic carbocycles. The smallest absolute Gasteiger partial charge is 0.231 e. The monoisotopic (exact) mass is 248 g/mol. The van der Waals surface area contributed by atoms with Crippen LogP contribution in [0.15, 0.2) is 18.2 Å². The van der Waals surface area contributed by atoms with Gasteiger partial charge in [-0.2, -0.15) is 0 Å². The molecule has 1 saturated heterocycles. The molecule has 0 saturated carbocycles. The highest BCUT2D eigenvalue weighted by molar-refractivity contribution is 5.93. The molecule has 3 N–H and O–H groups in total. The Morgan fingerprint density at radius 1 is 1.22 bits per heavy atom. The van der Waals surface area contributed by atoms with Gasteiger partial charge >= 0.3 is 0 Å². The predicted molar refractivity (Wildman–Crippen MR) is 65.8 cm³/mol. The summed E-state index contributed by atoms with van der Waals surface area (Å²) < 4.78 is 10.5. The Balaban J connectivity index is 1.71. The van der Waals surface area contributed by atoms with Gasteiger partial charge in [0.25, 0.3) is 0 Å². The van der Waals surface area contributed by atoms with Gasteiger partial charge in [-0.1, -0.05) is 6.07 Å². The Labute approximate surface area is 105 Å². The lowest BCUT2D eigenvalue weighted by atomic mass is 10.0. The number of rotatable bonds is 2. The van der Waals surface area contributed by atoms with E-state index in [2.05, 4.69) is 5.32 Å². The Morgan fingerprint density at radius 3 is 2.83 bits per heavy atom. The van der Waals surface area contributed by atoms with Crippen LogP contribution < -0.4 is 11.1 Å². The Kier molecular flexibility index (Phi) is 3.03. The summed E-state index contributed by atoms with van der Waals surface area (Å²) >= 11 is 0. The number of fused-ring (bicyclic) bond motifs is 1. The molecule has 5 heteroatoms. The first-order valence-corrected chi connectivity index (χ1v) is 6.08. The third kappa shape index (κ3) is 2.12. The first-order chi connectivity index (χ1) is 8.74. The van der Waals surface area contributed by atoms with Crippen molar-refractivity contribution in [2.24, 2.45) is 11.7 Å². The second-order valence-electron chi connectivity index (χ2n) is 4.77. The molecule has 0 spiro atoms. The van der Waals surface area contributed by atoms with Gasteiger partial charge in [0.05, 0.1) is 32.3 Å². The van der Waals surface area contributed by atoms with Crippen LogP contribution >= 0.6 is 0 Å². The highest BCUT2D eigenvalue weighted by Gasteiger charge is 2.31. The number of hydrogen-bond donors (Lipinski definition) is 2. The fraction of sp³-hybridized carbons (Fsp3) is 0.462. The quantitative estimate of drug-likeness (QED) is 0.805. The fourth-order valence-corrected chi connectivity index (χ4v) is 2.33. The van der Waals surface area contributed by atoms with Gasteiger partial charge in [0.1, 0.15) is 0 Å². The molecule has 0 radical (unpaired) electrons. The molecule has 18 heavy (non-hydrogen) atoms. The maximum atomic E-state index is 12.0. The highest BCUT2D eigenvalue weighted by Crippen LogP contribution is 2.24. The molecule has 2 unspecified atom stereocenters. The molecule has 2 aliphatic rings. The van der Waals surface area contributed by atoms with Crippen LogP contribution in [0.1, 0.15) is 11.1 Å². The van der Waals surface area contributed by atoms with Crippen molar-refractivity contribution in [3.05, 3.63) is 29.3 Å². The minimum absolute atomic E-state index is 0.0705. The van der Waals surface area contributed by atoms with Crippen molar-refractivity contribution >= 4 is 11.6 Å². The van der Waals surface area contributed by atoms with Gasteiger partial charge in [-0.3, -0.25) is 4.79 Å². The van der Waals surface area contributed by atoms with E-state index in [-0.39, 0.29) is 17.9 Å². The number of hydrogen-bond acceptors (Lipinski definition) is 4. The van der Waals surface area contributed by atoms with Crippen LogP contribution in [0.2, 0.25) is 0 Å². The Bertz CT molecular complexity index is 475. The summed E-state index contributed by atoms with van der Waals surface area (Å²) in [6.07, 6.45) is 0. The molecule has 0 bridgehead atoms. The zero-order chi connectivity index (χ0) is 12.5. The first kappa shape index (κ1) is 11.6. The molecule has 96 valence electrons. The van der Waals surface area contributed by atoms with E-state index in [1.807, 2.05) is 18.2 Å². The van der Waals surface area contributed by atoms with Crippen molar-refractivity contribution in [1.82, 2.24) is 0 Å². The molecule has 0 aliphatic carbocycles. The summed E-state index contributed by atoms with van der Waals surface area (Å²) in [6.45, 7) is 2.13. The zero-order valence-electron chi connectivity index (χ0n) is 10.0. The number of nitrogens with one attached hydrogen (secondary N) is 1. The van der Waals surface area contributed by atoms with Crippen LogP contribution in [0.25, 0.3) is 0 Å². The van der Waals surface area contributed by atoms with Gasteiger partial charge in [-0.15, -0.1) is 0 Å². The number of ether oxygens (including phenoxy) is 2. The molecule has 3 rings (SSSR count). The SMILES string of the molecule is NC1COCC1C(=O)Nc1ccc2c(c1)COC2. The number of benzene rings is 1. The summed E-state index contributed by atoms with van der Waals surface area (Å²) in [5, 5.41) is 2.89. The van der Waals surface area contributed by atoms with Crippen molar-refractivity contribution in [1.29, 1.82) is 0 Å². The Hall–Kier alpha value is -1.43. The molecule has 2 heterocycles. The highest BCUT2D eigenvalue weighted by atomic mass is 16.5. The van der Waals surface area contributed by atoms with Crippen LogP contribution in [-0.2, 0) is 27.5 Å². The maximum absolute atomic E-state index is 12.0. The third-order valence-corrected chi connectivity index (χ3v) is 3.45. The maximum Gasteiger partial charge on any atom is 0.231 e. The number of nitrogens with two attached hydrogens (primary N) is 1. The van der Waals surface area contributed by atoms with Crippen LogP contribution in [-0.4, -0.2) is 25.2 Å². The second-order valence-corrected chi connectivity index (χ2v) is 4.77. The summed E-state index contributed by atoms with van der Waals surface area (Å²) in [5.41, 5.74) is 8.94. The lowest BCUT2D eigenvalue weighted by Gasteiger charge is -2.13. The minimum atomic E-state index is -0.255. The van der Waals surface area contributed by atoms with Crippen LogP contribution in [0.4, 0.5) is 5.69 Å². The van der Waals surface area contributed by atoms with E-state index in [4.69, 9.17) is 15.2 Å². The Morgan fingerprint density at radius 2 is 2.06 bits per heavy atom. The summed E-state index contributed by atoms with van der Waals surface area (Å²) in [6, 6.07) is 5.64. The summed E-state index contributed by atoms with van der Waals surface area (Å²) in [7, 11) is 0. The van der Waals surface area contributed by atoms with Crippen LogP contribution in [0.5, 0.6) is 0 Å². The third-order valence-electron chi connectivity index (χ3n) is 3.45. The van der Waals surface area contributed by atoms with Crippen molar-refractivity contribution in [3.8, 4) is 0 Å². The molecule has 1 fully saturated rings. The molecule has 2 aliphatic heterocycles. The number of carbonyl (C=O) groups is 1. The van der Waals surface area contributed by atoms with Gasteiger partial charge in [0.2, 0.25) is 5.91 Å². The topological polar surface area (TPSA) is 73.6 Å². The summed E-state index contributed by atoms with van der Waals surface area (Å²) in [5.74, 6) is -0.326. The molecular weight excluding hydrogens is 232 g/mol. The van der Waals surface area contributed by atoms with E-state index in [1.54, 1.807) is 0 Å². The molecule has 0 aromatic heterocycles. The van der Waals surface area contributed by atoms with Gasteiger partial charge in [0, 0.05) is 11.7 Å². The van der Waals surface area contributed by atoms with Crippen LogP contribution in [0, 0.1) is 5.92 Å². The average molecular weight is 248 g/mol. The molecule has 5 nitrogen and oxygen atoms in total. The fourth-order valence-electron chi connectivity index (χ4n) is 2.33. The lowest BCUT2D eigenvalue weighted by molar-refractivity contribution is -0.120. The van der Waals surface area contributed by atoms with E-state index < -0.39 is 0 Å². The summed E-state index contributed by atoms with van der Waals surface area (Å²) in [4.78, 5) is 12.0. The molecule has 2 atom stereocenters. The van der Waals surface area contributed by atoms with Crippen molar-refractivity contribution in [2.75, 3.05) is 18.5 Å². The number of anilines is 1. The second kappa shape index (κ2) is 4.68. The normalized spacial score (nSPS) is 26.1. The minimum Gasteiger partial charge on any atom is -0.379 e. The number of amides is 1. The van der Waals surface area contributed by atoms with Gasteiger partial charge < -0.3 is 20.5 Å². The average Bonchev–Trinajstić information content (AvgIpc) is 2.96. The molecular formula is C13H16N2O3. The van der Waals surface area contributed by atoms with Crippen molar-refractivity contribution in [2.45, 2.75) is 19.3 Å². The van der Waals surface area contributed by atoms with Crippen molar-refractivity contribution in [3.63, 3.8) is 0 Å². The largest absolute Gasteiger partial charge is 0.379 e. The number of carbonyl (C=O) groups excluding carboxylic acids is 1. The zero-order valence-corrected chi connectivity index (χ0v) is 10.0.